The maximum absolute atomic E-state index is 11.8. The van der Waals surface area contributed by atoms with Gasteiger partial charge >= 0.3 is 0 Å². The van der Waals surface area contributed by atoms with Crippen molar-refractivity contribution in [3.05, 3.63) is 35.1 Å². The van der Waals surface area contributed by atoms with Gasteiger partial charge in [-0.15, -0.1) is 10.2 Å². The molecule has 0 unspecified atom stereocenters. The van der Waals surface area contributed by atoms with Gasteiger partial charge in [0.25, 0.3) is 0 Å². The Hall–Kier alpha value is -1.53. The largest absolute Gasteiger partial charge is 0.325 e. The molecule has 0 aliphatic rings. The molecule has 1 aromatic heterocycles. The van der Waals surface area contributed by atoms with Crippen molar-refractivity contribution in [2.24, 2.45) is 7.05 Å². The smallest absolute Gasteiger partial charge is 0.234 e. The number of hydrogen-bond donors (Lipinski definition) is 1. The van der Waals surface area contributed by atoms with E-state index in [1.165, 1.54) is 11.8 Å². The Morgan fingerprint density at radius 2 is 2.32 bits per heavy atom. The van der Waals surface area contributed by atoms with Crippen LogP contribution in [0.5, 0.6) is 0 Å². The minimum Gasteiger partial charge on any atom is -0.325 e. The molecule has 0 fully saturated rings. The molecular formula is C12H13ClN4OS. The third-order valence-corrected chi connectivity index (χ3v) is 3.90. The number of carbonyl (C=O) groups is 1. The second kappa shape index (κ2) is 6.08. The molecule has 0 saturated carbocycles. The molecule has 2 rings (SSSR count). The number of benzene rings is 1. The number of nitrogens with zero attached hydrogens (tertiary/aromatic N) is 3. The van der Waals surface area contributed by atoms with Crippen LogP contribution in [0.3, 0.4) is 0 Å². The molecule has 0 saturated heterocycles. The zero-order valence-electron chi connectivity index (χ0n) is 10.6. The van der Waals surface area contributed by atoms with E-state index >= 15 is 0 Å². The van der Waals surface area contributed by atoms with Crippen LogP contribution in [-0.2, 0) is 11.8 Å². The summed E-state index contributed by atoms with van der Waals surface area (Å²) in [4.78, 5) is 11.8. The van der Waals surface area contributed by atoms with Crippen molar-refractivity contribution >= 4 is 35.0 Å². The van der Waals surface area contributed by atoms with E-state index in [0.29, 0.717) is 10.2 Å². The van der Waals surface area contributed by atoms with Gasteiger partial charge in [0, 0.05) is 17.8 Å². The highest BCUT2D eigenvalue weighted by Gasteiger charge is 2.07. The van der Waals surface area contributed by atoms with Gasteiger partial charge in [-0.3, -0.25) is 4.79 Å². The van der Waals surface area contributed by atoms with Crippen molar-refractivity contribution < 1.29 is 4.79 Å². The summed E-state index contributed by atoms with van der Waals surface area (Å²) in [5.74, 6) is 0.198. The summed E-state index contributed by atoms with van der Waals surface area (Å²) >= 11 is 7.27. The molecule has 7 heteroatoms. The predicted molar refractivity (Wildman–Crippen MR) is 76.5 cm³/mol. The number of hydrogen-bond acceptors (Lipinski definition) is 4. The van der Waals surface area contributed by atoms with Crippen LogP contribution in [-0.4, -0.2) is 26.4 Å². The summed E-state index contributed by atoms with van der Waals surface area (Å²) in [6.07, 6.45) is 1.60. The van der Waals surface area contributed by atoms with Gasteiger partial charge in [0.2, 0.25) is 5.91 Å². The van der Waals surface area contributed by atoms with Gasteiger partial charge in [-0.1, -0.05) is 23.4 Å². The molecular weight excluding hydrogens is 284 g/mol. The zero-order valence-corrected chi connectivity index (χ0v) is 12.1. The molecule has 0 spiro atoms. The minimum atomic E-state index is -0.0882. The Labute approximate surface area is 120 Å². The fourth-order valence-corrected chi connectivity index (χ4v) is 2.26. The minimum absolute atomic E-state index is 0.0882. The van der Waals surface area contributed by atoms with Crippen LogP contribution < -0.4 is 5.32 Å². The van der Waals surface area contributed by atoms with E-state index in [-0.39, 0.29) is 11.7 Å². The lowest BCUT2D eigenvalue weighted by atomic mass is 10.2. The van der Waals surface area contributed by atoms with E-state index in [9.17, 15) is 4.79 Å². The molecule has 0 radical (unpaired) electrons. The quantitative estimate of drug-likeness (QED) is 0.881. The van der Waals surface area contributed by atoms with Crippen molar-refractivity contribution in [3.63, 3.8) is 0 Å². The molecule has 0 aliphatic carbocycles. The van der Waals surface area contributed by atoms with Crippen molar-refractivity contribution in [3.8, 4) is 0 Å². The van der Waals surface area contributed by atoms with Crippen LogP contribution >= 0.6 is 23.4 Å². The van der Waals surface area contributed by atoms with Gasteiger partial charge in [-0.2, -0.15) is 0 Å². The second-order valence-electron chi connectivity index (χ2n) is 4.03. The maximum atomic E-state index is 11.8. The van der Waals surface area contributed by atoms with Crippen LogP contribution in [0, 0.1) is 6.92 Å². The molecule has 1 N–H and O–H groups in total. The van der Waals surface area contributed by atoms with Crippen molar-refractivity contribution in [2.75, 3.05) is 11.1 Å². The van der Waals surface area contributed by atoms with Crippen LogP contribution in [0.1, 0.15) is 5.56 Å². The maximum Gasteiger partial charge on any atom is 0.234 e. The number of rotatable bonds is 4. The molecule has 5 nitrogen and oxygen atoms in total. The molecule has 0 bridgehead atoms. The fourth-order valence-electron chi connectivity index (χ4n) is 1.45. The standard InChI is InChI=1S/C12H13ClN4OS/c1-8-5-9(3-4-10(8)13)15-11(18)6-19-12-16-14-7-17(12)2/h3-5,7H,6H2,1-2H3,(H,15,18). The Balaban J connectivity index is 1.91. The second-order valence-corrected chi connectivity index (χ2v) is 5.37. The van der Waals surface area contributed by atoms with E-state index < -0.39 is 0 Å². The number of thioether (sulfide) groups is 1. The van der Waals surface area contributed by atoms with Crippen molar-refractivity contribution in [1.82, 2.24) is 14.8 Å². The number of amides is 1. The highest BCUT2D eigenvalue weighted by atomic mass is 35.5. The highest BCUT2D eigenvalue weighted by molar-refractivity contribution is 7.99. The fraction of sp³-hybridized carbons (Fsp3) is 0.250. The first-order chi connectivity index (χ1) is 9.06. The molecule has 0 atom stereocenters. The molecule has 0 aliphatic heterocycles. The number of halogens is 1. The molecule has 19 heavy (non-hydrogen) atoms. The first kappa shape index (κ1) is 13.9. The highest BCUT2D eigenvalue weighted by Crippen LogP contribution is 2.20. The van der Waals surface area contributed by atoms with Gasteiger partial charge in [-0.05, 0) is 30.7 Å². The van der Waals surface area contributed by atoms with E-state index in [2.05, 4.69) is 15.5 Å². The average Bonchev–Trinajstić information content (AvgIpc) is 2.77. The monoisotopic (exact) mass is 296 g/mol. The first-order valence-corrected chi connectivity index (χ1v) is 6.95. The normalized spacial score (nSPS) is 10.5. The van der Waals surface area contributed by atoms with Crippen molar-refractivity contribution in [1.29, 1.82) is 0 Å². The van der Waals surface area contributed by atoms with Gasteiger partial charge in [0.1, 0.15) is 6.33 Å². The van der Waals surface area contributed by atoms with Crippen LogP contribution in [0.2, 0.25) is 5.02 Å². The van der Waals surface area contributed by atoms with E-state index in [1.54, 1.807) is 23.0 Å². The Kier molecular flexibility index (Phi) is 4.44. The van der Waals surface area contributed by atoms with Crippen LogP contribution in [0.15, 0.2) is 29.7 Å². The Bertz CT molecular complexity index is 599. The lowest BCUT2D eigenvalue weighted by Gasteiger charge is -2.06. The van der Waals surface area contributed by atoms with Crippen molar-refractivity contribution in [2.45, 2.75) is 12.1 Å². The molecule has 2 aromatic rings. The summed E-state index contributed by atoms with van der Waals surface area (Å²) in [5.41, 5.74) is 1.67. The summed E-state index contributed by atoms with van der Waals surface area (Å²) in [6, 6.07) is 5.38. The van der Waals surface area contributed by atoms with Gasteiger partial charge in [0.05, 0.1) is 5.75 Å². The Morgan fingerprint density at radius 3 is 2.95 bits per heavy atom. The SMILES string of the molecule is Cc1cc(NC(=O)CSc2nncn2C)ccc1Cl. The zero-order chi connectivity index (χ0) is 13.8. The van der Waals surface area contributed by atoms with Crippen LogP contribution in [0.25, 0.3) is 0 Å². The average molecular weight is 297 g/mol. The number of carbonyl (C=O) groups excluding carboxylic acids is 1. The van der Waals surface area contributed by atoms with Crippen LogP contribution in [0.4, 0.5) is 5.69 Å². The number of aryl methyl sites for hydroxylation is 2. The third-order valence-electron chi connectivity index (χ3n) is 2.44. The summed E-state index contributed by atoms with van der Waals surface area (Å²) in [7, 11) is 1.84. The topological polar surface area (TPSA) is 59.8 Å². The van der Waals surface area contributed by atoms with E-state index in [1.807, 2.05) is 20.0 Å². The Morgan fingerprint density at radius 1 is 1.53 bits per heavy atom. The molecule has 1 aromatic carbocycles. The lowest BCUT2D eigenvalue weighted by Crippen LogP contribution is -2.14. The lowest BCUT2D eigenvalue weighted by molar-refractivity contribution is -0.113. The number of aromatic nitrogens is 3. The predicted octanol–water partition coefficient (Wildman–Crippen LogP) is 2.51. The van der Waals surface area contributed by atoms with E-state index in [4.69, 9.17) is 11.6 Å². The molecule has 1 heterocycles. The summed E-state index contributed by atoms with van der Waals surface area (Å²) in [5, 5.41) is 11.9. The van der Waals surface area contributed by atoms with Gasteiger partial charge in [-0.25, -0.2) is 0 Å². The first-order valence-electron chi connectivity index (χ1n) is 5.59. The molecule has 1 amide bonds. The third kappa shape index (κ3) is 3.71. The van der Waals surface area contributed by atoms with E-state index in [0.717, 1.165) is 11.3 Å². The summed E-state index contributed by atoms with van der Waals surface area (Å²) in [6.45, 7) is 1.90. The van der Waals surface area contributed by atoms with Gasteiger partial charge < -0.3 is 9.88 Å². The summed E-state index contributed by atoms with van der Waals surface area (Å²) < 4.78 is 1.77. The molecule has 100 valence electrons. The van der Waals surface area contributed by atoms with Gasteiger partial charge in [0.15, 0.2) is 5.16 Å². The number of anilines is 1. The number of nitrogens with one attached hydrogen (secondary N) is 1.